The largest absolute Gasteiger partial charge is 0.341 e. The van der Waals surface area contributed by atoms with Crippen LogP contribution in [0.2, 0.25) is 0 Å². The molecule has 2 heterocycles. The Morgan fingerprint density at radius 1 is 1.23 bits per heavy atom. The molecule has 2 fully saturated rings. The van der Waals surface area contributed by atoms with E-state index in [0.717, 1.165) is 32.6 Å². The Balaban J connectivity index is 1.57. The summed E-state index contributed by atoms with van der Waals surface area (Å²) in [6.45, 7) is 9.13. The summed E-state index contributed by atoms with van der Waals surface area (Å²) in [5.41, 5.74) is 1.75. The Kier molecular flexibility index (Phi) is 4.53. The smallest absolute Gasteiger partial charge is 0.236 e. The van der Waals surface area contributed by atoms with Crippen molar-refractivity contribution in [1.82, 2.24) is 9.80 Å². The molecule has 1 aromatic carbocycles. The van der Waals surface area contributed by atoms with Gasteiger partial charge in [0, 0.05) is 25.6 Å². The van der Waals surface area contributed by atoms with E-state index in [2.05, 4.69) is 54.0 Å². The van der Waals surface area contributed by atoms with Gasteiger partial charge in [0.1, 0.15) is 0 Å². The number of hydrogen-bond acceptors (Lipinski definition) is 2. The maximum atomic E-state index is 12.6. The summed E-state index contributed by atoms with van der Waals surface area (Å²) in [5, 5.41) is 0. The van der Waals surface area contributed by atoms with Crippen molar-refractivity contribution in [2.24, 2.45) is 5.41 Å². The van der Waals surface area contributed by atoms with Crippen molar-refractivity contribution in [2.75, 3.05) is 32.7 Å². The van der Waals surface area contributed by atoms with Crippen LogP contribution in [-0.4, -0.2) is 48.4 Å². The van der Waals surface area contributed by atoms with Crippen LogP contribution in [0, 0.1) is 5.41 Å². The highest BCUT2D eigenvalue weighted by molar-refractivity contribution is 5.78. The first-order valence-electron chi connectivity index (χ1n) is 8.59. The second-order valence-electron chi connectivity index (χ2n) is 7.71. The molecule has 0 aromatic heterocycles. The highest BCUT2D eigenvalue weighted by Crippen LogP contribution is 2.29. The van der Waals surface area contributed by atoms with Crippen LogP contribution >= 0.6 is 0 Å². The van der Waals surface area contributed by atoms with E-state index in [1.165, 1.54) is 18.4 Å². The molecule has 2 aliphatic rings. The number of carbonyl (C=O) groups excluding carboxylic acids is 1. The molecule has 2 saturated heterocycles. The molecule has 0 N–H and O–H groups in total. The summed E-state index contributed by atoms with van der Waals surface area (Å²) in [5.74, 6) is 0.826. The Bertz CT molecular complexity index is 511. The number of nitrogens with zero attached hydrogens (tertiary/aromatic N) is 2. The molecule has 0 saturated carbocycles. The zero-order valence-electron chi connectivity index (χ0n) is 13.9. The summed E-state index contributed by atoms with van der Waals surface area (Å²) in [6.07, 6.45) is 3.52. The van der Waals surface area contributed by atoms with Gasteiger partial charge >= 0.3 is 0 Å². The van der Waals surface area contributed by atoms with Gasteiger partial charge in [0.25, 0.3) is 0 Å². The molecule has 1 atom stereocenters. The van der Waals surface area contributed by atoms with Gasteiger partial charge in [0.15, 0.2) is 0 Å². The van der Waals surface area contributed by atoms with Crippen molar-refractivity contribution in [3.63, 3.8) is 0 Å². The van der Waals surface area contributed by atoms with Gasteiger partial charge in [-0.05, 0) is 36.8 Å². The Hall–Kier alpha value is -1.35. The average molecular weight is 300 g/mol. The van der Waals surface area contributed by atoms with Gasteiger partial charge in [-0.25, -0.2) is 0 Å². The zero-order chi connectivity index (χ0) is 15.6. The Labute approximate surface area is 134 Å². The molecule has 1 unspecified atom stereocenters. The summed E-state index contributed by atoms with van der Waals surface area (Å²) in [4.78, 5) is 17.0. The first-order valence-corrected chi connectivity index (χ1v) is 8.59. The van der Waals surface area contributed by atoms with Crippen molar-refractivity contribution in [3.8, 4) is 0 Å². The van der Waals surface area contributed by atoms with E-state index < -0.39 is 0 Å². The third-order valence-corrected chi connectivity index (χ3v) is 5.16. The summed E-state index contributed by atoms with van der Waals surface area (Å²) < 4.78 is 0. The summed E-state index contributed by atoms with van der Waals surface area (Å²) in [7, 11) is 0. The van der Waals surface area contributed by atoms with E-state index in [1.54, 1.807) is 0 Å². The fraction of sp³-hybridized carbons (Fsp3) is 0.632. The van der Waals surface area contributed by atoms with Crippen LogP contribution in [0.3, 0.4) is 0 Å². The van der Waals surface area contributed by atoms with Gasteiger partial charge in [-0.3, -0.25) is 9.69 Å². The average Bonchev–Trinajstić information content (AvgIpc) is 2.87. The first kappa shape index (κ1) is 15.5. The fourth-order valence-electron chi connectivity index (χ4n) is 3.85. The molecule has 3 heteroatoms. The van der Waals surface area contributed by atoms with Crippen LogP contribution < -0.4 is 0 Å². The fourth-order valence-corrected chi connectivity index (χ4v) is 3.85. The summed E-state index contributed by atoms with van der Waals surface area (Å²) in [6, 6.07) is 10.7. The lowest BCUT2D eigenvalue weighted by Gasteiger charge is -2.34. The van der Waals surface area contributed by atoms with Gasteiger partial charge < -0.3 is 4.90 Å². The Morgan fingerprint density at radius 3 is 2.68 bits per heavy atom. The number of rotatable bonds is 3. The molecule has 0 aliphatic carbocycles. The molecule has 0 radical (unpaired) electrons. The van der Waals surface area contributed by atoms with Gasteiger partial charge in [-0.2, -0.15) is 0 Å². The van der Waals surface area contributed by atoms with E-state index in [4.69, 9.17) is 0 Å². The molecule has 2 aliphatic heterocycles. The lowest BCUT2D eigenvalue weighted by molar-refractivity contribution is -0.133. The van der Waals surface area contributed by atoms with Crippen LogP contribution in [-0.2, 0) is 4.79 Å². The van der Waals surface area contributed by atoms with E-state index in [1.807, 2.05) is 0 Å². The minimum atomic E-state index is 0.318. The lowest BCUT2D eigenvalue weighted by atomic mass is 9.90. The number of amides is 1. The quantitative estimate of drug-likeness (QED) is 0.856. The van der Waals surface area contributed by atoms with Crippen LogP contribution in [0.4, 0.5) is 0 Å². The molecule has 120 valence electrons. The van der Waals surface area contributed by atoms with Gasteiger partial charge in [-0.1, -0.05) is 44.2 Å². The maximum Gasteiger partial charge on any atom is 0.236 e. The third kappa shape index (κ3) is 3.70. The van der Waals surface area contributed by atoms with Crippen LogP contribution in [0.15, 0.2) is 30.3 Å². The standard InChI is InChI=1S/C19H28N2O/c1-19(2)10-12-20(15-19)14-18(22)21-11-6-9-17(13-21)16-7-4-3-5-8-16/h3-5,7-8,17H,6,9-15H2,1-2H3. The topological polar surface area (TPSA) is 23.6 Å². The van der Waals surface area contributed by atoms with Gasteiger partial charge in [0.05, 0.1) is 6.54 Å². The minimum Gasteiger partial charge on any atom is -0.341 e. The Morgan fingerprint density at radius 2 is 2.00 bits per heavy atom. The van der Waals surface area contributed by atoms with E-state index >= 15 is 0 Å². The van der Waals surface area contributed by atoms with Crippen LogP contribution in [0.5, 0.6) is 0 Å². The number of benzene rings is 1. The third-order valence-electron chi connectivity index (χ3n) is 5.16. The van der Waals surface area contributed by atoms with Gasteiger partial charge in [0.2, 0.25) is 5.91 Å². The normalized spacial score (nSPS) is 25.4. The predicted molar refractivity (Wildman–Crippen MR) is 89.8 cm³/mol. The molecule has 22 heavy (non-hydrogen) atoms. The van der Waals surface area contributed by atoms with Crippen molar-refractivity contribution < 1.29 is 4.79 Å². The van der Waals surface area contributed by atoms with E-state index in [0.29, 0.717) is 23.8 Å². The summed E-state index contributed by atoms with van der Waals surface area (Å²) >= 11 is 0. The predicted octanol–water partition coefficient (Wildman–Crippen LogP) is 3.12. The molecule has 0 bridgehead atoms. The molecule has 0 spiro atoms. The van der Waals surface area contributed by atoms with Crippen molar-refractivity contribution in [1.29, 1.82) is 0 Å². The minimum absolute atomic E-state index is 0.318. The van der Waals surface area contributed by atoms with Crippen molar-refractivity contribution in [2.45, 2.75) is 39.0 Å². The number of likely N-dealkylation sites (tertiary alicyclic amines) is 2. The van der Waals surface area contributed by atoms with Crippen LogP contribution in [0.1, 0.15) is 44.6 Å². The monoisotopic (exact) mass is 300 g/mol. The number of hydrogen-bond donors (Lipinski definition) is 0. The van der Waals surface area contributed by atoms with E-state index in [9.17, 15) is 4.79 Å². The number of piperidine rings is 1. The first-order chi connectivity index (χ1) is 10.5. The molecule has 1 aromatic rings. The molecular weight excluding hydrogens is 272 g/mol. The van der Waals surface area contributed by atoms with Crippen LogP contribution in [0.25, 0.3) is 0 Å². The van der Waals surface area contributed by atoms with E-state index in [-0.39, 0.29) is 0 Å². The molecule has 1 amide bonds. The molecular formula is C19H28N2O. The highest BCUT2D eigenvalue weighted by atomic mass is 16.2. The number of carbonyl (C=O) groups is 1. The highest BCUT2D eigenvalue weighted by Gasteiger charge is 2.32. The zero-order valence-corrected chi connectivity index (χ0v) is 13.9. The van der Waals surface area contributed by atoms with Gasteiger partial charge in [-0.15, -0.1) is 0 Å². The second kappa shape index (κ2) is 6.41. The molecule has 3 nitrogen and oxygen atoms in total. The maximum absolute atomic E-state index is 12.6. The SMILES string of the molecule is CC1(C)CCN(CC(=O)N2CCCC(c3ccccc3)C2)C1. The lowest BCUT2D eigenvalue weighted by Crippen LogP contribution is -2.44. The van der Waals surface area contributed by atoms with Crippen molar-refractivity contribution in [3.05, 3.63) is 35.9 Å². The molecule has 3 rings (SSSR count). The van der Waals surface area contributed by atoms with Crippen molar-refractivity contribution >= 4 is 5.91 Å². The second-order valence-corrected chi connectivity index (χ2v) is 7.71.